The molecular weight excluding hydrogens is 280 g/mol. The predicted molar refractivity (Wildman–Crippen MR) is 87.6 cm³/mol. The molecule has 5 nitrogen and oxygen atoms in total. The minimum Gasteiger partial charge on any atom is -0.339 e. The maximum Gasteiger partial charge on any atom is 0.339 e. The fourth-order valence-corrected chi connectivity index (χ4v) is 2.48. The van der Waals surface area contributed by atoms with Crippen LogP contribution in [0, 0.1) is 0 Å². The van der Waals surface area contributed by atoms with E-state index in [2.05, 4.69) is 11.9 Å². The Morgan fingerprint density at radius 3 is 2.27 bits per heavy atom. The summed E-state index contributed by atoms with van der Waals surface area (Å²) >= 11 is 0. The molecule has 1 heterocycles. The van der Waals surface area contributed by atoms with Gasteiger partial charge in [-0.25, -0.2) is 4.79 Å². The molecule has 0 radical (unpaired) electrons. The summed E-state index contributed by atoms with van der Waals surface area (Å²) in [5.41, 5.74) is 0. The number of nitrogens with zero attached hydrogens (tertiary/aromatic N) is 2. The fraction of sp³-hybridized carbons (Fsp3) is 0.824. The van der Waals surface area contributed by atoms with E-state index in [9.17, 15) is 9.59 Å². The number of unbranched alkanes of at least 4 members (excludes halogenated alkanes) is 8. The number of carbonyl (C=O) groups is 2. The van der Waals surface area contributed by atoms with E-state index >= 15 is 0 Å². The lowest BCUT2D eigenvalue weighted by atomic mass is 10.0. The average molecular weight is 310 g/mol. The molecule has 0 aromatic heterocycles. The zero-order valence-corrected chi connectivity index (χ0v) is 13.9. The van der Waals surface area contributed by atoms with E-state index in [1.165, 1.54) is 56.3 Å². The highest BCUT2D eigenvalue weighted by Crippen LogP contribution is 2.11. The summed E-state index contributed by atoms with van der Waals surface area (Å²) in [7, 11) is 0. The quantitative estimate of drug-likeness (QED) is 0.385. The second-order valence-electron chi connectivity index (χ2n) is 5.92. The molecule has 0 saturated heterocycles. The van der Waals surface area contributed by atoms with Gasteiger partial charge in [-0.3, -0.25) is 9.79 Å². The fourth-order valence-electron chi connectivity index (χ4n) is 2.48. The third kappa shape index (κ3) is 9.53. The maximum absolute atomic E-state index is 11.7. The Morgan fingerprint density at radius 1 is 1.05 bits per heavy atom. The predicted octanol–water partition coefficient (Wildman–Crippen LogP) is 3.67. The van der Waals surface area contributed by atoms with Crippen molar-refractivity contribution in [2.24, 2.45) is 4.99 Å². The van der Waals surface area contributed by atoms with Gasteiger partial charge < -0.3 is 4.84 Å². The summed E-state index contributed by atoms with van der Waals surface area (Å²) in [6.07, 6.45) is 12.9. The summed E-state index contributed by atoms with van der Waals surface area (Å²) in [5, 5.41) is 1.38. The van der Waals surface area contributed by atoms with Crippen molar-refractivity contribution in [1.29, 1.82) is 0 Å². The molecule has 0 aliphatic carbocycles. The molecule has 0 unspecified atom stereocenters. The van der Waals surface area contributed by atoms with Crippen molar-refractivity contribution in [3.05, 3.63) is 0 Å². The number of ketones is 1. The van der Waals surface area contributed by atoms with Crippen LogP contribution in [0.25, 0.3) is 0 Å². The van der Waals surface area contributed by atoms with E-state index in [-0.39, 0.29) is 12.2 Å². The Balaban J connectivity index is 1.90. The molecule has 0 aromatic rings. The highest BCUT2D eigenvalue weighted by Gasteiger charge is 2.15. The first-order valence-electron chi connectivity index (χ1n) is 8.71. The molecule has 1 aliphatic heterocycles. The summed E-state index contributed by atoms with van der Waals surface area (Å²) < 4.78 is 0. The van der Waals surface area contributed by atoms with Crippen LogP contribution in [0.1, 0.15) is 77.6 Å². The number of rotatable bonds is 13. The molecule has 0 spiro atoms. The van der Waals surface area contributed by atoms with Crippen molar-refractivity contribution in [2.75, 3.05) is 13.1 Å². The van der Waals surface area contributed by atoms with Crippen LogP contribution in [-0.4, -0.2) is 36.2 Å². The number of hydrogen-bond donors (Lipinski definition) is 0. The molecular formula is C17H30N2O3. The highest BCUT2D eigenvalue weighted by atomic mass is 16.7. The van der Waals surface area contributed by atoms with Crippen molar-refractivity contribution in [2.45, 2.75) is 77.6 Å². The highest BCUT2D eigenvalue weighted by molar-refractivity contribution is 5.95. The normalized spacial score (nSPS) is 13.6. The Labute approximate surface area is 134 Å². The van der Waals surface area contributed by atoms with Gasteiger partial charge >= 0.3 is 5.97 Å². The third-order valence-corrected chi connectivity index (χ3v) is 3.78. The van der Waals surface area contributed by atoms with Gasteiger partial charge in [0.05, 0.1) is 13.1 Å². The van der Waals surface area contributed by atoms with Gasteiger partial charge in [-0.15, -0.1) is 0 Å². The van der Waals surface area contributed by atoms with Crippen molar-refractivity contribution in [1.82, 2.24) is 5.06 Å². The first-order chi connectivity index (χ1) is 10.7. The van der Waals surface area contributed by atoms with Gasteiger partial charge in [-0.05, 0) is 6.42 Å². The molecule has 1 aliphatic rings. The van der Waals surface area contributed by atoms with Crippen molar-refractivity contribution in [3.63, 3.8) is 0 Å². The van der Waals surface area contributed by atoms with Gasteiger partial charge in [0.1, 0.15) is 18.5 Å². The van der Waals surface area contributed by atoms with Crippen LogP contribution >= 0.6 is 0 Å². The summed E-state index contributed by atoms with van der Waals surface area (Å²) in [4.78, 5) is 32.1. The molecule has 22 heavy (non-hydrogen) atoms. The molecule has 0 saturated carbocycles. The van der Waals surface area contributed by atoms with Gasteiger partial charge in [-0.2, -0.15) is 5.06 Å². The smallest absolute Gasteiger partial charge is 0.339 e. The van der Waals surface area contributed by atoms with E-state index in [1.54, 1.807) is 0 Å². The summed E-state index contributed by atoms with van der Waals surface area (Å²) in [6, 6.07) is 0. The van der Waals surface area contributed by atoms with Gasteiger partial charge in [0.25, 0.3) is 0 Å². The monoisotopic (exact) mass is 310 g/mol. The first-order valence-corrected chi connectivity index (χ1v) is 8.71. The van der Waals surface area contributed by atoms with Crippen LogP contribution in [0.5, 0.6) is 0 Å². The number of hydrogen-bond acceptors (Lipinski definition) is 5. The van der Waals surface area contributed by atoms with E-state index in [0.29, 0.717) is 19.5 Å². The van der Waals surface area contributed by atoms with Crippen LogP contribution in [-0.2, 0) is 14.4 Å². The van der Waals surface area contributed by atoms with E-state index < -0.39 is 5.97 Å². The van der Waals surface area contributed by atoms with E-state index in [4.69, 9.17) is 4.84 Å². The number of aliphatic imine (C=N–C) groups is 1. The standard InChI is InChI=1S/C17H30N2O3/c1-2-3-4-5-6-7-8-9-10-11-16(20)14-17(21)22-19-13-12-18-15-19/h15H,2-14H2,1H3. The lowest BCUT2D eigenvalue weighted by Gasteiger charge is -2.12. The van der Waals surface area contributed by atoms with Crippen LogP contribution in [0.2, 0.25) is 0 Å². The second-order valence-corrected chi connectivity index (χ2v) is 5.92. The van der Waals surface area contributed by atoms with Crippen LogP contribution in [0.15, 0.2) is 4.99 Å². The van der Waals surface area contributed by atoms with Crippen molar-refractivity contribution >= 4 is 18.1 Å². The molecule has 5 heteroatoms. The minimum atomic E-state index is -0.478. The van der Waals surface area contributed by atoms with Crippen LogP contribution in [0.3, 0.4) is 0 Å². The second kappa shape index (κ2) is 12.2. The largest absolute Gasteiger partial charge is 0.339 e. The molecule has 0 atom stereocenters. The first kappa shape index (κ1) is 18.7. The number of hydroxylamine groups is 2. The van der Waals surface area contributed by atoms with E-state index in [0.717, 1.165) is 12.8 Å². The molecule has 0 amide bonds. The summed E-state index contributed by atoms with van der Waals surface area (Å²) in [5.74, 6) is -0.502. The molecule has 0 aromatic carbocycles. The topological polar surface area (TPSA) is 59.0 Å². The lowest BCUT2D eigenvalue weighted by Crippen LogP contribution is -2.25. The Bertz CT molecular complexity index is 356. The lowest BCUT2D eigenvalue weighted by molar-refractivity contribution is -0.171. The zero-order chi connectivity index (χ0) is 16.0. The van der Waals surface area contributed by atoms with Crippen LogP contribution in [0.4, 0.5) is 0 Å². The van der Waals surface area contributed by atoms with Gasteiger partial charge in [0.15, 0.2) is 0 Å². The van der Waals surface area contributed by atoms with Crippen molar-refractivity contribution < 1.29 is 14.4 Å². The molecule has 126 valence electrons. The Kier molecular flexibility index (Phi) is 10.3. The summed E-state index contributed by atoms with van der Waals surface area (Å²) in [6.45, 7) is 3.45. The van der Waals surface area contributed by atoms with E-state index in [1.807, 2.05) is 0 Å². The molecule has 0 N–H and O–H groups in total. The maximum atomic E-state index is 11.7. The number of carbonyl (C=O) groups excluding carboxylic acids is 2. The minimum absolute atomic E-state index is 0.0240. The third-order valence-electron chi connectivity index (χ3n) is 3.78. The zero-order valence-electron chi connectivity index (χ0n) is 13.9. The van der Waals surface area contributed by atoms with Gasteiger partial charge in [-0.1, -0.05) is 58.3 Å². The molecule has 0 fully saturated rings. The van der Waals surface area contributed by atoms with Gasteiger partial charge in [0, 0.05) is 6.42 Å². The number of Topliss-reactive ketones (excluding diaryl/α,β-unsaturated/α-hetero) is 1. The van der Waals surface area contributed by atoms with Crippen LogP contribution < -0.4 is 0 Å². The molecule has 1 rings (SSSR count). The Morgan fingerprint density at radius 2 is 1.68 bits per heavy atom. The molecule has 0 bridgehead atoms. The average Bonchev–Trinajstić information content (AvgIpc) is 2.98. The Hall–Kier alpha value is -1.39. The van der Waals surface area contributed by atoms with Gasteiger partial charge in [0.2, 0.25) is 0 Å². The SMILES string of the molecule is CCCCCCCCCCCC(=O)CC(=O)ON1C=NCC1. The van der Waals surface area contributed by atoms with Crippen molar-refractivity contribution in [3.8, 4) is 0 Å².